The van der Waals surface area contributed by atoms with E-state index in [1.807, 2.05) is 75.4 Å². The van der Waals surface area contributed by atoms with Gasteiger partial charge in [0, 0.05) is 31.4 Å². The Bertz CT molecular complexity index is 870. The van der Waals surface area contributed by atoms with Gasteiger partial charge in [0.15, 0.2) is 0 Å². The predicted molar refractivity (Wildman–Crippen MR) is 124 cm³/mol. The van der Waals surface area contributed by atoms with Gasteiger partial charge in [0.05, 0.1) is 0 Å². The molecule has 172 valence electrons. The second-order valence-corrected chi connectivity index (χ2v) is 9.08. The summed E-state index contributed by atoms with van der Waals surface area (Å²) in [7, 11) is 0. The SMILES string of the molecule is CC(C)(C)OC(=O)NC1CCN(Cc2ccc(NC(=O)OCc3ccccc3)cc2)CC1. The quantitative estimate of drug-likeness (QED) is 0.668. The minimum absolute atomic E-state index is 0.148. The van der Waals surface area contributed by atoms with Crippen molar-refractivity contribution < 1.29 is 19.1 Å². The average Bonchev–Trinajstić information content (AvgIpc) is 2.74. The molecule has 0 radical (unpaired) electrons. The van der Waals surface area contributed by atoms with Gasteiger partial charge < -0.3 is 14.8 Å². The number of amides is 2. The molecule has 7 nitrogen and oxygen atoms in total. The summed E-state index contributed by atoms with van der Waals surface area (Å²) in [5.41, 5.74) is 2.34. The number of carbonyl (C=O) groups is 2. The molecule has 2 aromatic carbocycles. The Balaban J connectivity index is 1.37. The minimum Gasteiger partial charge on any atom is -0.444 e. The average molecular weight is 440 g/mol. The molecule has 0 saturated carbocycles. The summed E-state index contributed by atoms with van der Waals surface area (Å²) < 4.78 is 10.6. The standard InChI is InChI=1S/C25H33N3O4/c1-25(2,3)32-24(30)27-22-13-15-28(16-14-22)17-19-9-11-21(12-10-19)26-23(29)31-18-20-7-5-4-6-8-20/h4-12,22H,13-18H2,1-3H3,(H,26,29)(H,27,30). The van der Waals surface area contributed by atoms with E-state index in [2.05, 4.69) is 15.5 Å². The molecule has 0 bridgehead atoms. The van der Waals surface area contributed by atoms with Gasteiger partial charge in [-0.05, 0) is 56.9 Å². The van der Waals surface area contributed by atoms with Crippen molar-refractivity contribution in [3.8, 4) is 0 Å². The molecular weight excluding hydrogens is 406 g/mol. The Kier molecular flexibility index (Phi) is 8.11. The fraction of sp³-hybridized carbons (Fsp3) is 0.440. The number of rotatable bonds is 6. The van der Waals surface area contributed by atoms with Gasteiger partial charge in [-0.15, -0.1) is 0 Å². The third-order valence-corrected chi connectivity index (χ3v) is 5.13. The van der Waals surface area contributed by atoms with Gasteiger partial charge in [-0.2, -0.15) is 0 Å². The largest absolute Gasteiger partial charge is 0.444 e. The number of likely N-dealkylation sites (tertiary alicyclic amines) is 1. The van der Waals surface area contributed by atoms with E-state index in [0.29, 0.717) is 5.69 Å². The third kappa shape index (κ3) is 8.23. The Morgan fingerprint density at radius 3 is 2.22 bits per heavy atom. The summed E-state index contributed by atoms with van der Waals surface area (Å²) in [5, 5.41) is 5.72. The molecule has 0 aromatic heterocycles. The number of anilines is 1. The van der Waals surface area contributed by atoms with E-state index >= 15 is 0 Å². The second kappa shape index (κ2) is 11.0. The lowest BCUT2D eigenvalue weighted by molar-refractivity contribution is 0.0477. The fourth-order valence-electron chi connectivity index (χ4n) is 3.54. The third-order valence-electron chi connectivity index (χ3n) is 5.13. The summed E-state index contributed by atoms with van der Waals surface area (Å²) in [6.07, 6.45) is 0.973. The van der Waals surface area contributed by atoms with Crippen LogP contribution in [0.4, 0.5) is 15.3 Å². The molecule has 0 atom stereocenters. The zero-order valence-electron chi connectivity index (χ0n) is 19.1. The summed E-state index contributed by atoms with van der Waals surface area (Å²) in [4.78, 5) is 26.3. The second-order valence-electron chi connectivity index (χ2n) is 9.08. The molecule has 0 spiro atoms. The molecule has 0 unspecified atom stereocenters. The monoisotopic (exact) mass is 439 g/mol. The fourth-order valence-corrected chi connectivity index (χ4v) is 3.54. The van der Waals surface area contributed by atoms with Crippen LogP contribution in [0.3, 0.4) is 0 Å². The van der Waals surface area contributed by atoms with Crippen molar-refractivity contribution in [2.75, 3.05) is 18.4 Å². The first kappa shape index (κ1) is 23.6. The van der Waals surface area contributed by atoms with E-state index in [4.69, 9.17) is 9.47 Å². The summed E-state index contributed by atoms with van der Waals surface area (Å²) in [6.45, 7) is 8.48. The maximum absolute atomic E-state index is 12.0. The molecule has 1 heterocycles. The molecule has 2 aromatic rings. The smallest absolute Gasteiger partial charge is 0.411 e. The van der Waals surface area contributed by atoms with Crippen LogP contribution in [0.2, 0.25) is 0 Å². The first-order chi connectivity index (χ1) is 15.3. The van der Waals surface area contributed by atoms with Crippen molar-refractivity contribution in [2.45, 2.75) is 58.4 Å². The molecular formula is C25H33N3O4. The molecule has 2 amide bonds. The Morgan fingerprint density at radius 2 is 1.59 bits per heavy atom. The molecule has 1 saturated heterocycles. The lowest BCUT2D eigenvalue weighted by atomic mass is 10.0. The molecule has 0 aliphatic carbocycles. The van der Waals surface area contributed by atoms with E-state index in [-0.39, 0.29) is 18.7 Å². The van der Waals surface area contributed by atoms with Crippen LogP contribution in [-0.2, 0) is 22.6 Å². The summed E-state index contributed by atoms with van der Waals surface area (Å²) in [5.74, 6) is 0. The Morgan fingerprint density at radius 1 is 0.938 bits per heavy atom. The van der Waals surface area contributed by atoms with Gasteiger partial charge >= 0.3 is 12.2 Å². The lowest BCUT2D eigenvalue weighted by Crippen LogP contribution is -2.45. The molecule has 2 N–H and O–H groups in total. The van der Waals surface area contributed by atoms with Crippen molar-refractivity contribution in [3.63, 3.8) is 0 Å². The first-order valence-corrected chi connectivity index (χ1v) is 11.1. The van der Waals surface area contributed by atoms with E-state index in [0.717, 1.165) is 38.0 Å². The van der Waals surface area contributed by atoms with Gasteiger partial charge in [-0.1, -0.05) is 42.5 Å². The first-order valence-electron chi connectivity index (χ1n) is 11.1. The highest BCUT2D eigenvalue weighted by atomic mass is 16.6. The molecule has 1 aliphatic heterocycles. The highest BCUT2D eigenvalue weighted by Crippen LogP contribution is 2.17. The zero-order chi connectivity index (χ0) is 23.0. The number of piperidine rings is 1. The van der Waals surface area contributed by atoms with Gasteiger partial charge in [-0.3, -0.25) is 10.2 Å². The van der Waals surface area contributed by atoms with Crippen LogP contribution in [0.5, 0.6) is 0 Å². The number of benzene rings is 2. The maximum Gasteiger partial charge on any atom is 0.411 e. The zero-order valence-corrected chi connectivity index (χ0v) is 19.1. The maximum atomic E-state index is 12.0. The molecule has 3 rings (SSSR count). The highest BCUT2D eigenvalue weighted by Gasteiger charge is 2.23. The lowest BCUT2D eigenvalue weighted by Gasteiger charge is -2.32. The molecule has 1 aliphatic rings. The van der Waals surface area contributed by atoms with Gasteiger partial charge in [0.1, 0.15) is 12.2 Å². The number of nitrogens with one attached hydrogen (secondary N) is 2. The molecule has 7 heteroatoms. The van der Waals surface area contributed by atoms with Crippen LogP contribution in [0.15, 0.2) is 54.6 Å². The van der Waals surface area contributed by atoms with Crippen LogP contribution in [-0.4, -0.2) is 41.8 Å². The summed E-state index contributed by atoms with van der Waals surface area (Å²) >= 11 is 0. The van der Waals surface area contributed by atoms with Gasteiger partial charge in [0.25, 0.3) is 0 Å². The molecule has 32 heavy (non-hydrogen) atoms. The molecule has 1 fully saturated rings. The van der Waals surface area contributed by atoms with Crippen molar-refractivity contribution in [2.24, 2.45) is 0 Å². The van der Waals surface area contributed by atoms with Gasteiger partial charge in [-0.25, -0.2) is 9.59 Å². The van der Waals surface area contributed by atoms with E-state index in [1.54, 1.807) is 0 Å². The van der Waals surface area contributed by atoms with Crippen molar-refractivity contribution in [1.29, 1.82) is 0 Å². The number of nitrogens with zero attached hydrogens (tertiary/aromatic N) is 1. The number of carbonyl (C=O) groups excluding carboxylic acids is 2. The number of ether oxygens (including phenoxy) is 2. The number of hydrogen-bond donors (Lipinski definition) is 2. The number of alkyl carbamates (subject to hydrolysis) is 1. The minimum atomic E-state index is -0.482. The van der Waals surface area contributed by atoms with E-state index in [9.17, 15) is 9.59 Å². The summed E-state index contributed by atoms with van der Waals surface area (Å²) in [6, 6.07) is 17.5. The number of hydrogen-bond acceptors (Lipinski definition) is 5. The van der Waals surface area contributed by atoms with Crippen LogP contribution < -0.4 is 10.6 Å². The Hall–Kier alpha value is -3.06. The normalized spacial score (nSPS) is 15.1. The highest BCUT2D eigenvalue weighted by molar-refractivity contribution is 5.84. The van der Waals surface area contributed by atoms with Crippen LogP contribution in [0.25, 0.3) is 0 Å². The Labute approximate surface area is 190 Å². The van der Waals surface area contributed by atoms with Crippen molar-refractivity contribution >= 4 is 17.9 Å². The van der Waals surface area contributed by atoms with Crippen molar-refractivity contribution in [1.82, 2.24) is 10.2 Å². The van der Waals surface area contributed by atoms with Crippen LogP contribution in [0.1, 0.15) is 44.7 Å². The van der Waals surface area contributed by atoms with Crippen LogP contribution in [0, 0.1) is 0 Å². The predicted octanol–water partition coefficient (Wildman–Crippen LogP) is 4.92. The van der Waals surface area contributed by atoms with Gasteiger partial charge in [0.2, 0.25) is 0 Å². The topological polar surface area (TPSA) is 79.9 Å². The van der Waals surface area contributed by atoms with E-state index < -0.39 is 11.7 Å². The van der Waals surface area contributed by atoms with Crippen molar-refractivity contribution in [3.05, 3.63) is 65.7 Å². The van der Waals surface area contributed by atoms with E-state index in [1.165, 1.54) is 5.56 Å². The van der Waals surface area contributed by atoms with Crippen LogP contribution >= 0.6 is 0 Å².